The quantitative estimate of drug-likeness (QED) is 0.707. The van der Waals surface area contributed by atoms with E-state index in [1.165, 1.54) is 0 Å². The third kappa shape index (κ3) is 1.50. The summed E-state index contributed by atoms with van der Waals surface area (Å²) in [6.07, 6.45) is 0.653. The molecule has 0 heterocycles. The molecule has 0 bridgehead atoms. The molecule has 0 spiro atoms. The van der Waals surface area contributed by atoms with Crippen molar-refractivity contribution in [2.24, 2.45) is 16.7 Å². The summed E-state index contributed by atoms with van der Waals surface area (Å²) in [7, 11) is 0. The van der Waals surface area contributed by atoms with E-state index in [2.05, 4.69) is 0 Å². The molecule has 0 amide bonds. The Hall–Kier alpha value is -1.39. The van der Waals surface area contributed by atoms with E-state index in [1.807, 2.05) is 0 Å². The molecule has 1 aliphatic rings. The van der Waals surface area contributed by atoms with Crippen LogP contribution in [0.3, 0.4) is 0 Å². The van der Waals surface area contributed by atoms with Gasteiger partial charge in [0.15, 0.2) is 0 Å². The van der Waals surface area contributed by atoms with Crippen LogP contribution in [0.25, 0.3) is 0 Å². The van der Waals surface area contributed by atoms with Crippen molar-refractivity contribution in [3.63, 3.8) is 0 Å². The monoisotopic (exact) mass is 228 g/mol. The van der Waals surface area contributed by atoms with Gasteiger partial charge < -0.3 is 10.2 Å². The topological polar surface area (TPSA) is 91.7 Å². The molecule has 2 N–H and O–H groups in total. The third-order valence-corrected chi connectivity index (χ3v) is 4.22. The molecular formula is C11H16O5. The van der Waals surface area contributed by atoms with Crippen LogP contribution in [-0.2, 0) is 14.4 Å². The zero-order valence-corrected chi connectivity index (χ0v) is 9.61. The highest BCUT2D eigenvalue weighted by atomic mass is 16.4. The van der Waals surface area contributed by atoms with Crippen molar-refractivity contribution in [2.45, 2.75) is 33.6 Å². The fourth-order valence-corrected chi connectivity index (χ4v) is 2.57. The number of rotatable bonds is 3. The largest absolute Gasteiger partial charge is 0.481 e. The lowest BCUT2D eigenvalue weighted by Crippen LogP contribution is -2.45. The first-order valence-electron chi connectivity index (χ1n) is 5.15. The van der Waals surface area contributed by atoms with E-state index in [-0.39, 0.29) is 0 Å². The van der Waals surface area contributed by atoms with Crippen LogP contribution in [0.2, 0.25) is 0 Å². The minimum Gasteiger partial charge on any atom is -0.481 e. The average Bonchev–Trinajstić information content (AvgIpc) is 2.37. The van der Waals surface area contributed by atoms with Gasteiger partial charge in [-0.05, 0) is 18.3 Å². The molecule has 0 radical (unpaired) electrons. The van der Waals surface area contributed by atoms with Crippen molar-refractivity contribution in [1.82, 2.24) is 0 Å². The molecule has 0 aromatic rings. The number of carbonyl (C=O) groups is 3. The van der Waals surface area contributed by atoms with Gasteiger partial charge in [-0.15, -0.1) is 0 Å². The molecule has 2 atom stereocenters. The van der Waals surface area contributed by atoms with Gasteiger partial charge in [0, 0.05) is 5.41 Å². The predicted octanol–water partition coefficient (Wildman–Crippen LogP) is 1.17. The molecule has 2 unspecified atom stereocenters. The van der Waals surface area contributed by atoms with E-state index in [0.29, 0.717) is 12.8 Å². The van der Waals surface area contributed by atoms with Gasteiger partial charge in [-0.1, -0.05) is 20.8 Å². The van der Waals surface area contributed by atoms with Crippen LogP contribution in [0, 0.1) is 16.7 Å². The molecule has 16 heavy (non-hydrogen) atoms. The smallest absolute Gasteiger partial charge is 0.372 e. The number of carboxylic acids is 2. The average molecular weight is 228 g/mol. The number of aliphatic carboxylic acids is 2. The number of Topliss-reactive ketones (excluding diaryl/α,β-unsaturated/α-hetero) is 1. The number of hydrogen-bond donors (Lipinski definition) is 2. The lowest BCUT2D eigenvalue weighted by atomic mass is 9.63. The summed E-state index contributed by atoms with van der Waals surface area (Å²) in [5, 5.41) is 17.8. The Bertz CT molecular complexity index is 357. The number of hydrogen-bond acceptors (Lipinski definition) is 3. The molecule has 1 rings (SSSR count). The Morgan fingerprint density at radius 3 is 1.94 bits per heavy atom. The van der Waals surface area contributed by atoms with Crippen molar-refractivity contribution in [2.75, 3.05) is 0 Å². The van der Waals surface area contributed by atoms with Crippen molar-refractivity contribution in [3.05, 3.63) is 0 Å². The highest BCUT2D eigenvalue weighted by Crippen LogP contribution is 2.56. The predicted molar refractivity (Wildman–Crippen MR) is 54.9 cm³/mol. The third-order valence-electron chi connectivity index (χ3n) is 4.22. The van der Waals surface area contributed by atoms with E-state index in [0.717, 1.165) is 0 Å². The Balaban J connectivity index is 3.14. The summed E-state index contributed by atoms with van der Waals surface area (Å²) in [6.45, 7) is 4.85. The van der Waals surface area contributed by atoms with Crippen LogP contribution in [-0.4, -0.2) is 27.9 Å². The van der Waals surface area contributed by atoms with E-state index in [1.54, 1.807) is 20.8 Å². The maximum Gasteiger partial charge on any atom is 0.372 e. The Morgan fingerprint density at radius 2 is 1.62 bits per heavy atom. The molecule has 1 fully saturated rings. The van der Waals surface area contributed by atoms with Crippen LogP contribution < -0.4 is 0 Å². The van der Waals surface area contributed by atoms with Crippen LogP contribution in [0.15, 0.2) is 0 Å². The molecule has 5 heteroatoms. The molecule has 0 aliphatic heterocycles. The standard InChI is InChI=1S/C11H16O5/c1-10(2)6(8(13)14)4-5-11(10,3)7(12)9(15)16/h6H,4-5H2,1-3H3,(H,13,14)(H,15,16). The fraction of sp³-hybridized carbons (Fsp3) is 0.727. The zero-order chi connectivity index (χ0) is 12.7. The summed E-state index contributed by atoms with van der Waals surface area (Å²) >= 11 is 0. The second kappa shape index (κ2) is 3.57. The van der Waals surface area contributed by atoms with Crippen LogP contribution >= 0.6 is 0 Å². The highest BCUT2D eigenvalue weighted by molar-refractivity contribution is 6.35. The van der Waals surface area contributed by atoms with Gasteiger partial charge in [0.1, 0.15) is 0 Å². The van der Waals surface area contributed by atoms with Gasteiger partial charge in [-0.2, -0.15) is 0 Å². The Labute approximate surface area is 93.5 Å². The Morgan fingerprint density at radius 1 is 1.12 bits per heavy atom. The van der Waals surface area contributed by atoms with Crippen molar-refractivity contribution in [1.29, 1.82) is 0 Å². The number of carboxylic acid groups (broad SMARTS) is 2. The van der Waals surface area contributed by atoms with Gasteiger partial charge in [-0.3, -0.25) is 9.59 Å². The first kappa shape index (κ1) is 12.7. The van der Waals surface area contributed by atoms with Gasteiger partial charge in [0.05, 0.1) is 5.92 Å². The first-order chi connectivity index (χ1) is 7.14. The second-order valence-corrected chi connectivity index (χ2v) is 5.12. The zero-order valence-electron chi connectivity index (χ0n) is 9.61. The molecule has 5 nitrogen and oxygen atoms in total. The minimum atomic E-state index is -1.48. The second-order valence-electron chi connectivity index (χ2n) is 5.12. The summed E-state index contributed by atoms with van der Waals surface area (Å²) < 4.78 is 0. The minimum absolute atomic E-state index is 0.308. The van der Waals surface area contributed by atoms with Gasteiger partial charge in [0.2, 0.25) is 5.78 Å². The van der Waals surface area contributed by atoms with E-state index < -0.39 is 34.5 Å². The molecule has 1 aliphatic carbocycles. The summed E-state index contributed by atoms with van der Waals surface area (Å²) in [4.78, 5) is 33.5. The molecule has 0 aromatic heterocycles. The van der Waals surface area contributed by atoms with Gasteiger partial charge >= 0.3 is 11.9 Å². The lowest BCUT2D eigenvalue weighted by molar-refractivity contribution is -0.159. The van der Waals surface area contributed by atoms with Crippen molar-refractivity contribution < 1.29 is 24.6 Å². The van der Waals surface area contributed by atoms with Crippen LogP contribution in [0.4, 0.5) is 0 Å². The normalized spacial score (nSPS) is 32.3. The molecule has 0 aromatic carbocycles. The first-order valence-corrected chi connectivity index (χ1v) is 5.15. The summed E-state index contributed by atoms with van der Waals surface area (Å²) in [5.74, 6) is -4.00. The Kier molecular flexibility index (Phi) is 2.83. The SMILES string of the molecule is CC1(C(=O)C(=O)O)CCC(C(=O)O)C1(C)C. The molecule has 90 valence electrons. The summed E-state index contributed by atoms with van der Waals surface area (Å²) in [5.41, 5.74) is -1.93. The van der Waals surface area contributed by atoms with Crippen molar-refractivity contribution >= 4 is 17.7 Å². The number of carbonyl (C=O) groups excluding carboxylic acids is 1. The van der Waals surface area contributed by atoms with E-state index >= 15 is 0 Å². The fourth-order valence-electron chi connectivity index (χ4n) is 2.57. The lowest BCUT2D eigenvalue weighted by Gasteiger charge is -2.37. The van der Waals surface area contributed by atoms with E-state index in [9.17, 15) is 14.4 Å². The molecule has 1 saturated carbocycles. The summed E-state index contributed by atoms with van der Waals surface area (Å²) in [6, 6.07) is 0. The highest BCUT2D eigenvalue weighted by Gasteiger charge is 2.59. The van der Waals surface area contributed by atoms with Crippen LogP contribution in [0.5, 0.6) is 0 Å². The molecule has 0 saturated heterocycles. The van der Waals surface area contributed by atoms with Gasteiger partial charge in [-0.25, -0.2) is 4.79 Å². The van der Waals surface area contributed by atoms with E-state index in [4.69, 9.17) is 10.2 Å². The van der Waals surface area contributed by atoms with Gasteiger partial charge in [0.25, 0.3) is 0 Å². The molecular weight excluding hydrogens is 212 g/mol. The maximum atomic E-state index is 11.7. The van der Waals surface area contributed by atoms with Crippen LogP contribution in [0.1, 0.15) is 33.6 Å². The van der Waals surface area contributed by atoms with Crippen molar-refractivity contribution in [3.8, 4) is 0 Å². The number of ketones is 1. The maximum absolute atomic E-state index is 11.7.